The summed E-state index contributed by atoms with van der Waals surface area (Å²) in [5, 5.41) is 11.5. The summed E-state index contributed by atoms with van der Waals surface area (Å²) < 4.78 is 7.45. The van der Waals surface area contributed by atoms with E-state index in [1.54, 1.807) is 22.8 Å². The largest absolute Gasteiger partial charge is 0.461 e. The molecular formula is C22H23N3O4. The van der Waals surface area contributed by atoms with Crippen molar-refractivity contribution in [2.24, 2.45) is 5.92 Å². The highest BCUT2D eigenvalue weighted by Gasteiger charge is 2.25. The summed E-state index contributed by atoms with van der Waals surface area (Å²) in [7, 11) is 0. The maximum absolute atomic E-state index is 12.7. The average molecular weight is 393 g/mol. The van der Waals surface area contributed by atoms with Gasteiger partial charge in [0.2, 0.25) is 0 Å². The summed E-state index contributed by atoms with van der Waals surface area (Å²) in [5.74, 6) is 0.609. The average Bonchev–Trinajstić information content (AvgIpc) is 3.06. The minimum absolute atomic E-state index is 0.0349. The lowest BCUT2D eigenvalue weighted by Gasteiger charge is -2.26. The Morgan fingerprint density at radius 1 is 1.21 bits per heavy atom. The predicted octanol–water partition coefficient (Wildman–Crippen LogP) is 4.73. The smallest absolute Gasteiger partial charge is 0.326 e. The second-order valence-electron chi connectivity index (χ2n) is 7.67. The molecule has 2 aromatic carbocycles. The number of hydrogen-bond donors (Lipinski definition) is 0. The number of rotatable bonds is 5. The van der Waals surface area contributed by atoms with Gasteiger partial charge in [-0.05, 0) is 43.4 Å². The van der Waals surface area contributed by atoms with Crippen LogP contribution in [0, 0.1) is 16.0 Å². The van der Waals surface area contributed by atoms with Crippen molar-refractivity contribution in [2.45, 2.75) is 45.3 Å². The monoisotopic (exact) mass is 393 g/mol. The second-order valence-corrected chi connectivity index (χ2v) is 7.67. The SMILES string of the molecule is CC1CCCC(OC(=O)Cn2c(-c3ccccc3[N+](=O)[O-])nc3ccccc32)C1. The van der Waals surface area contributed by atoms with Crippen molar-refractivity contribution in [1.82, 2.24) is 9.55 Å². The van der Waals surface area contributed by atoms with Gasteiger partial charge in [-0.1, -0.05) is 37.6 Å². The zero-order valence-corrected chi connectivity index (χ0v) is 16.3. The summed E-state index contributed by atoms with van der Waals surface area (Å²) in [5.41, 5.74) is 1.76. The van der Waals surface area contributed by atoms with Crippen molar-refractivity contribution in [3.8, 4) is 11.4 Å². The number of benzene rings is 2. The van der Waals surface area contributed by atoms with Gasteiger partial charge in [-0.2, -0.15) is 0 Å². The van der Waals surface area contributed by atoms with Gasteiger partial charge in [0.25, 0.3) is 5.69 Å². The van der Waals surface area contributed by atoms with Gasteiger partial charge in [0.15, 0.2) is 0 Å². The topological polar surface area (TPSA) is 87.3 Å². The van der Waals surface area contributed by atoms with Gasteiger partial charge in [-0.25, -0.2) is 4.98 Å². The fraction of sp³-hybridized carbons (Fsp3) is 0.364. The Balaban J connectivity index is 1.69. The van der Waals surface area contributed by atoms with Crippen LogP contribution in [0.1, 0.15) is 32.6 Å². The molecule has 1 fully saturated rings. The number of fused-ring (bicyclic) bond motifs is 1. The number of nitro benzene ring substituents is 1. The maximum atomic E-state index is 12.7. The van der Waals surface area contributed by atoms with Gasteiger partial charge in [0, 0.05) is 6.07 Å². The van der Waals surface area contributed by atoms with Crippen LogP contribution < -0.4 is 0 Å². The molecule has 0 aliphatic heterocycles. The summed E-state index contributed by atoms with van der Waals surface area (Å²) >= 11 is 0. The molecule has 0 N–H and O–H groups in total. The van der Waals surface area contributed by atoms with E-state index in [2.05, 4.69) is 11.9 Å². The van der Waals surface area contributed by atoms with Crippen LogP contribution in [-0.2, 0) is 16.1 Å². The normalized spacial score (nSPS) is 19.2. The first-order valence-corrected chi connectivity index (χ1v) is 9.91. The van der Waals surface area contributed by atoms with Gasteiger partial charge in [0.1, 0.15) is 18.5 Å². The molecule has 7 nitrogen and oxygen atoms in total. The van der Waals surface area contributed by atoms with E-state index < -0.39 is 4.92 Å². The third-order valence-electron chi connectivity index (χ3n) is 5.47. The molecule has 1 saturated carbocycles. The molecular weight excluding hydrogens is 370 g/mol. The molecule has 4 rings (SSSR count). The van der Waals surface area contributed by atoms with E-state index in [-0.39, 0.29) is 24.3 Å². The number of para-hydroxylation sites is 3. The van der Waals surface area contributed by atoms with Crippen molar-refractivity contribution in [2.75, 3.05) is 0 Å². The van der Waals surface area contributed by atoms with Crippen molar-refractivity contribution < 1.29 is 14.5 Å². The lowest BCUT2D eigenvalue weighted by molar-refractivity contribution is -0.384. The van der Waals surface area contributed by atoms with Gasteiger partial charge in [0.05, 0.1) is 21.5 Å². The third-order valence-corrected chi connectivity index (χ3v) is 5.47. The molecule has 2 atom stereocenters. The van der Waals surface area contributed by atoms with Crippen molar-refractivity contribution in [3.63, 3.8) is 0 Å². The Kier molecular flexibility index (Phi) is 5.29. The Labute approximate surface area is 168 Å². The molecule has 1 heterocycles. The number of carbonyl (C=O) groups is 1. The summed E-state index contributed by atoms with van der Waals surface area (Å²) in [4.78, 5) is 28.4. The van der Waals surface area contributed by atoms with Crippen LogP contribution in [0.3, 0.4) is 0 Å². The number of ether oxygens (including phenoxy) is 1. The molecule has 0 amide bonds. The molecule has 1 aliphatic carbocycles. The minimum Gasteiger partial charge on any atom is -0.461 e. The van der Waals surface area contributed by atoms with E-state index in [1.807, 2.05) is 24.3 Å². The first-order chi connectivity index (χ1) is 14.0. The Morgan fingerprint density at radius 3 is 2.76 bits per heavy atom. The van der Waals surface area contributed by atoms with Crippen LogP contribution in [0.4, 0.5) is 5.69 Å². The molecule has 2 unspecified atom stereocenters. The van der Waals surface area contributed by atoms with Crippen LogP contribution >= 0.6 is 0 Å². The highest BCUT2D eigenvalue weighted by molar-refractivity contribution is 5.84. The molecule has 0 spiro atoms. The van der Waals surface area contributed by atoms with Crippen molar-refractivity contribution in [1.29, 1.82) is 0 Å². The van der Waals surface area contributed by atoms with E-state index >= 15 is 0 Å². The molecule has 150 valence electrons. The zero-order valence-electron chi connectivity index (χ0n) is 16.3. The van der Waals surface area contributed by atoms with E-state index in [4.69, 9.17) is 4.74 Å². The highest BCUT2D eigenvalue weighted by atomic mass is 16.6. The number of hydrogen-bond acceptors (Lipinski definition) is 5. The third kappa shape index (κ3) is 3.99. The van der Waals surface area contributed by atoms with Gasteiger partial charge in [-0.15, -0.1) is 0 Å². The van der Waals surface area contributed by atoms with Gasteiger partial charge in [-0.3, -0.25) is 14.9 Å². The number of aromatic nitrogens is 2. The summed E-state index contributed by atoms with van der Waals surface area (Å²) in [6.45, 7) is 2.14. The Morgan fingerprint density at radius 2 is 1.97 bits per heavy atom. The molecule has 7 heteroatoms. The Bertz CT molecular complexity index is 1060. The van der Waals surface area contributed by atoms with E-state index in [0.29, 0.717) is 22.8 Å². The molecule has 1 aromatic heterocycles. The number of nitrogens with zero attached hydrogens (tertiary/aromatic N) is 3. The lowest BCUT2D eigenvalue weighted by atomic mass is 9.89. The first-order valence-electron chi connectivity index (χ1n) is 9.91. The maximum Gasteiger partial charge on any atom is 0.326 e. The molecule has 0 saturated heterocycles. The molecule has 1 aliphatic rings. The fourth-order valence-corrected chi connectivity index (χ4v) is 4.10. The highest BCUT2D eigenvalue weighted by Crippen LogP contribution is 2.32. The lowest BCUT2D eigenvalue weighted by Crippen LogP contribution is -2.26. The molecule has 0 radical (unpaired) electrons. The van der Waals surface area contributed by atoms with Crippen LogP contribution in [-0.4, -0.2) is 26.5 Å². The van der Waals surface area contributed by atoms with Crippen LogP contribution in [0.25, 0.3) is 22.4 Å². The van der Waals surface area contributed by atoms with Crippen molar-refractivity contribution >= 4 is 22.7 Å². The minimum atomic E-state index is -0.430. The number of carbonyl (C=O) groups excluding carboxylic acids is 1. The second kappa shape index (κ2) is 8.03. The summed E-state index contributed by atoms with van der Waals surface area (Å²) in [6.07, 6.45) is 3.94. The molecule has 29 heavy (non-hydrogen) atoms. The number of imidazole rings is 1. The zero-order chi connectivity index (χ0) is 20.4. The van der Waals surface area contributed by atoms with E-state index in [0.717, 1.165) is 24.8 Å². The fourth-order valence-electron chi connectivity index (χ4n) is 4.10. The standard InChI is InChI=1S/C22H23N3O4/c1-15-7-6-8-16(13-15)29-21(26)14-24-20-12-5-3-10-18(20)23-22(24)17-9-2-4-11-19(17)25(27)28/h2-5,9-12,15-16H,6-8,13-14H2,1H3. The van der Waals surface area contributed by atoms with Gasteiger partial charge < -0.3 is 9.30 Å². The van der Waals surface area contributed by atoms with Gasteiger partial charge >= 0.3 is 5.97 Å². The molecule has 0 bridgehead atoms. The number of nitro groups is 1. The first kappa shape index (κ1) is 19.1. The van der Waals surface area contributed by atoms with Crippen molar-refractivity contribution in [3.05, 3.63) is 58.6 Å². The van der Waals surface area contributed by atoms with Crippen LogP contribution in [0.15, 0.2) is 48.5 Å². The Hall–Kier alpha value is -3.22. The summed E-state index contributed by atoms with van der Waals surface area (Å²) in [6, 6.07) is 13.9. The number of esters is 1. The van der Waals surface area contributed by atoms with Crippen LogP contribution in [0.2, 0.25) is 0 Å². The van der Waals surface area contributed by atoms with Crippen LogP contribution in [0.5, 0.6) is 0 Å². The quantitative estimate of drug-likeness (QED) is 0.355. The van der Waals surface area contributed by atoms with E-state index in [1.165, 1.54) is 12.5 Å². The predicted molar refractivity (Wildman–Crippen MR) is 109 cm³/mol. The van der Waals surface area contributed by atoms with E-state index in [9.17, 15) is 14.9 Å². The molecule has 3 aromatic rings.